The number of thiophene rings is 1. The Hall–Kier alpha value is -3.05. The molecule has 0 aliphatic rings. The van der Waals surface area contributed by atoms with Crippen LogP contribution in [-0.2, 0) is 0 Å². The molecular formula is C22H26N4O3S. The van der Waals surface area contributed by atoms with Gasteiger partial charge in [0.25, 0.3) is 0 Å². The minimum atomic E-state index is 0.284. The summed E-state index contributed by atoms with van der Waals surface area (Å²) < 4.78 is 16.4. The Morgan fingerprint density at radius 2 is 1.70 bits per heavy atom. The minimum absolute atomic E-state index is 0.284. The third kappa shape index (κ3) is 3.85. The van der Waals surface area contributed by atoms with Crippen LogP contribution in [0, 0.1) is 13.5 Å². The molecule has 0 aliphatic heterocycles. The van der Waals surface area contributed by atoms with Crippen LogP contribution in [-0.4, -0.2) is 37.3 Å². The first-order valence-corrected chi connectivity index (χ1v) is 10.6. The van der Waals surface area contributed by atoms with Gasteiger partial charge in [0.1, 0.15) is 10.6 Å². The van der Waals surface area contributed by atoms with Gasteiger partial charge in [-0.05, 0) is 37.5 Å². The summed E-state index contributed by atoms with van der Waals surface area (Å²) in [4.78, 5) is 14.1. The molecule has 3 aromatic rings. The number of hydrogen-bond donors (Lipinski definition) is 1. The lowest BCUT2D eigenvalue weighted by molar-refractivity contribution is 0.324. The van der Waals surface area contributed by atoms with Gasteiger partial charge in [0.15, 0.2) is 17.3 Å². The molecule has 0 atom stereocenters. The first-order valence-electron chi connectivity index (χ1n) is 9.76. The van der Waals surface area contributed by atoms with E-state index in [-0.39, 0.29) is 6.04 Å². The van der Waals surface area contributed by atoms with E-state index in [0.717, 1.165) is 40.0 Å². The summed E-state index contributed by atoms with van der Waals surface area (Å²) in [6.45, 7) is 13.7. The van der Waals surface area contributed by atoms with E-state index in [2.05, 4.69) is 24.0 Å². The Balaban J connectivity index is 2.26. The fraction of sp³-hybridized carbons (Fsp3) is 0.409. The second-order valence-corrected chi connectivity index (χ2v) is 7.77. The molecule has 0 radical (unpaired) electrons. The molecule has 1 N–H and O–H groups in total. The summed E-state index contributed by atoms with van der Waals surface area (Å²) in [5.74, 6) is 2.88. The maximum Gasteiger partial charge on any atom is 0.246 e. The number of methoxy groups -OCH3 is 3. The molecule has 0 fully saturated rings. The van der Waals surface area contributed by atoms with Crippen molar-refractivity contribution in [2.45, 2.75) is 39.7 Å². The summed E-state index contributed by atoms with van der Waals surface area (Å²) in [5, 5.41) is 5.10. The Morgan fingerprint density at radius 3 is 2.20 bits per heavy atom. The van der Waals surface area contributed by atoms with Gasteiger partial charge in [0.2, 0.25) is 10.8 Å². The van der Waals surface area contributed by atoms with Crippen molar-refractivity contribution in [1.82, 2.24) is 9.97 Å². The zero-order valence-electron chi connectivity index (χ0n) is 18.1. The fourth-order valence-electron chi connectivity index (χ4n) is 3.36. The molecule has 0 saturated carbocycles. The van der Waals surface area contributed by atoms with Gasteiger partial charge in [-0.25, -0.2) is 14.8 Å². The van der Waals surface area contributed by atoms with Crippen LogP contribution in [0.2, 0.25) is 0 Å². The van der Waals surface area contributed by atoms with E-state index in [4.69, 9.17) is 30.8 Å². The molecular weight excluding hydrogens is 400 g/mol. The van der Waals surface area contributed by atoms with Gasteiger partial charge in [-0.3, -0.25) is 0 Å². The molecule has 0 spiro atoms. The van der Waals surface area contributed by atoms with Gasteiger partial charge in [0, 0.05) is 17.0 Å². The molecule has 0 unspecified atom stereocenters. The van der Waals surface area contributed by atoms with Gasteiger partial charge in [-0.15, -0.1) is 11.3 Å². The zero-order valence-corrected chi connectivity index (χ0v) is 18.9. The topological polar surface area (TPSA) is 69.9 Å². The number of hydrogen-bond acceptors (Lipinski definition) is 7. The van der Waals surface area contributed by atoms with E-state index in [9.17, 15) is 0 Å². The molecule has 8 heteroatoms. The summed E-state index contributed by atoms with van der Waals surface area (Å²) in [5.41, 5.74) is 1.66. The normalized spacial score (nSPS) is 10.9. The van der Waals surface area contributed by atoms with Crippen LogP contribution in [0.5, 0.6) is 17.2 Å². The minimum Gasteiger partial charge on any atom is -0.493 e. The number of aryl methyl sites for hydroxylation is 1. The fourth-order valence-corrected chi connectivity index (χ4v) is 4.33. The average Bonchev–Trinajstić information content (AvgIpc) is 3.11. The predicted octanol–water partition coefficient (Wildman–Crippen LogP) is 5.84. The highest BCUT2D eigenvalue weighted by Gasteiger charge is 2.21. The van der Waals surface area contributed by atoms with E-state index in [1.165, 1.54) is 11.3 Å². The summed E-state index contributed by atoms with van der Waals surface area (Å²) in [7, 11) is 4.73. The summed E-state index contributed by atoms with van der Waals surface area (Å²) in [6.07, 6.45) is 1.95. The maximum absolute atomic E-state index is 7.49. The Bertz CT molecular complexity index is 1070. The highest BCUT2D eigenvalue weighted by molar-refractivity contribution is 7.22. The maximum atomic E-state index is 7.49. The number of nitrogens with one attached hydrogen (secondary N) is 1. The van der Waals surface area contributed by atoms with Crippen LogP contribution in [0.25, 0.3) is 26.4 Å². The molecule has 7 nitrogen and oxygen atoms in total. The molecule has 30 heavy (non-hydrogen) atoms. The van der Waals surface area contributed by atoms with Gasteiger partial charge < -0.3 is 19.5 Å². The van der Waals surface area contributed by atoms with Gasteiger partial charge >= 0.3 is 0 Å². The number of anilines is 1. The predicted molar refractivity (Wildman–Crippen MR) is 121 cm³/mol. The largest absolute Gasteiger partial charge is 0.493 e. The quantitative estimate of drug-likeness (QED) is 0.456. The second-order valence-electron chi connectivity index (χ2n) is 6.79. The zero-order chi connectivity index (χ0) is 21.8. The van der Waals surface area contributed by atoms with Gasteiger partial charge in [-0.2, -0.15) is 0 Å². The third-order valence-corrected chi connectivity index (χ3v) is 6.20. The molecule has 2 aromatic heterocycles. The highest BCUT2D eigenvalue weighted by Crippen LogP contribution is 2.43. The smallest absolute Gasteiger partial charge is 0.246 e. The Morgan fingerprint density at radius 1 is 1.07 bits per heavy atom. The van der Waals surface area contributed by atoms with E-state index in [1.54, 1.807) is 21.3 Å². The first kappa shape index (κ1) is 21.7. The first-order chi connectivity index (χ1) is 14.5. The van der Waals surface area contributed by atoms with Crippen molar-refractivity contribution in [2.24, 2.45) is 0 Å². The number of fused-ring (bicyclic) bond motifs is 1. The average molecular weight is 427 g/mol. The van der Waals surface area contributed by atoms with Crippen molar-refractivity contribution in [3.63, 3.8) is 0 Å². The monoisotopic (exact) mass is 426 g/mol. The van der Waals surface area contributed by atoms with Crippen LogP contribution in [0.4, 0.5) is 10.8 Å². The van der Waals surface area contributed by atoms with Crippen molar-refractivity contribution in [2.75, 3.05) is 26.6 Å². The summed E-state index contributed by atoms with van der Waals surface area (Å²) >= 11 is 1.38. The number of benzene rings is 1. The van der Waals surface area contributed by atoms with Crippen LogP contribution in [0.1, 0.15) is 32.3 Å². The van der Waals surface area contributed by atoms with Crippen molar-refractivity contribution in [1.29, 1.82) is 0 Å². The van der Waals surface area contributed by atoms with E-state index in [1.807, 2.05) is 19.1 Å². The second kappa shape index (κ2) is 9.18. The number of nitrogens with zero attached hydrogens (tertiary/aromatic N) is 3. The lowest BCUT2D eigenvalue weighted by Gasteiger charge is -2.18. The van der Waals surface area contributed by atoms with Gasteiger partial charge in [0.05, 0.1) is 27.9 Å². The van der Waals surface area contributed by atoms with E-state index in [0.29, 0.717) is 28.1 Å². The SMILES string of the molecule is [C-]#[N+]c1sc2nc(-c3cc(OC)c(OC)c(OC)c3)nc(NC(CC)CC)c2c1C. The van der Waals surface area contributed by atoms with Crippen LogP contribution in [0.3, 0.4) is 0 Å². The lowest BCUT2D eigenvalue weighted by atomic mass is 10.1. The molecule has 0 aliphatic carbocycles. The molecule has 0 saturated heterocycles. The van der Waals surface area contributed by atoms with Crippen molar-refractivity contribution in [3.8, 4) is 28.6 Å². The van der Waals surface area contributed by atoms with Crippen LogP contribution in [0.15, 0.2) is 12.1 Å². The van der Waals surface area contributed by atoms with E-state index < -0.39 is 0 Å². The molecule has 158 valence electrons. The molecule has 0 bridgehead atoms. The van der Waals surface area contributed by atoms with E-state index >= 15 is 0 Å². The third-order valence-electron chi connectivity index (χ3n) is 5.12. The standard InChI is InChI=1S/C22H26N4O3S/c1-8-14(9-2)24-20-17-12(3)21(23-4)30-22(17)26-19(25-20)13-10-15(27-5)18(29-7)16(11-13)28-6/h10-11,14H,8-9H2,1-3,5-7H3,(H,24,25,26). The van der Waals surface area contributed by atoms with Crippen molar-refractivity contribution < 1.29 is 14.2 Å². The Kier molecular flexibility index (Phi) is 6.63. The molecule has 3 rings (SSSR count). The van der Waals surface area contributed by atoms with Crippen molar-refractivity contribution >= 4 is 32.4 Å². The van der Waals surface area contributed by atoms with Gasteiger partial charge in [-0.1, -0.05) is 13.8 Å². The summed E-state index contributed by atoms with van der Waals surface area (Å²) in [6, 6.07) is 3.95. The molecule has 2 heterocycles. The highest BCUT2D eigenvalue weighted by atomic mass is 32.1. The van der Waals surface area contributed by atoms with Crippen LogP contribution >= 0.6 is 11.3 Å². The molecule has 0 amide bonds. The number of ether oxygens (including phenoxy) is 3. The lowest BCUT2D eigenvalue weighted by Crippen LogP contribution is -2.18. The Labute approximate surface area is 180 Å². The molecule has 1 aromatic carbocycles. The number of aromatic nitrogens is 2. The van der Waals surface area contributed by atoms with Crippen LogP contribution < -0.4 is 19.5 Å². The number of rotatable bonds is 8. The van der Waals surface area contributed by atoms with Crippen molar-refractivity contribution in [3.05, 3.63) is 29.1 Å².